The predicted molar refractivity (Wildman–Crippen MR) is 130 cm³/mol. The van der Waals surface area contributed by atoms with Crippen LogP contribution >= 0.6 is 11.3 Å². The molecule has 2 aliphatic rings. The van der Waals surface area contributed by atoms with Gasteiger partial charge in [0.2, 0.25) is 16.8 Å². The zero-order valence-corrected chi connectivity index (χ0v) is 20.5. The van der Waals surface area contributed by atoms with Gasteiger partial charge in [-0.2, -0.15) is 4.31 Å². The number of nitrogens with zero attached hydrogens (tertiary/aromatic N) is 2. The number of anilines is 1. The normalized spacial score (nSPS) is 20.3. The van der Waals surface area contributed by atoms with Crippen molar-refractivity contribution in [3.63, 3.8) is 0 Å². The lowest BCUT2D eigenvalue weighted by atomic mass is 9.94. The molecule has 8 nitrogen and oxygen atoms in total. The van der Waals surface area contributed by atoms with Crippen LogP contribution in [-0.4, -0.2) is 43.5 Å². The molecule has 1 N–H and O–H groups in total. The number of fused-ring (bicyclic) bond motifs is 1. The van der Waals surface area contributed by atoms with Crippen LogP contribution in [0.4, 0.5) is 5.13 Å². The van der Waals surface area contributed by atoms with E-state index >= 15 is 0 Å². The van der Waals surface area contributed by atoms with Gasteiger partial charge in [-0.15, -0.1) is 11.3 Å². The molecule has 1 saturated heterocycles. The van der Waals surface area contributed by atoms with Gasteiger partial charge in [0, 0.05) is 29.6 Å². The highest BCUT2D eigenvalue weighted by atomic mass is 32.2. The van der Waals surface area contributed by atoms with Crippen LogP contribution in [0.3, 0.4) is 0 Å². The van der Waals surface area contributed by atoms with Gasteiger partial charge in [-0.05, 0) is 60.7 Å². The monoisotopic (exact) mass is 499 g/mol. The Morgan fingerprint density at radius 3 is 2.50 bits per heavy atom. The molecule has 1 aromatic heterocycles. The summed E-state index contributed by atoms with van der Waals surface area (Å²) in [6.45, 7) is 5.38. The quantitative estimate of drug-likeness (QED) is 0.557. The lowest BCUT2D eigenvalue weighted by Crippen LogP contribution is -2.42. The maximum Gasteiger partial charge on any atom is 0.257 e. The number of thiazole rings is 1. The van der Waals surface area contributed by atoms with Crippen molar-refractivity contribution in [1.82, 2.24) is 9.29 Å². The molecule has 3 aromatic rings. The summed E-state index contributed by atoms with van der Waals surface area (Å²) in [5, 5.41) is 5.09. The van der Waals surface area contributed by atoms with Crippen LogP contribution in [0, 0.1) is 11.8 Å². The Morgan fingerprint density at radius 1 is 1.06 bits per heavy atom. The topological polar surface area (TPSA) is 97.8 Å². The average molecular weight is 500 g/mol. The third kappa shape index (κ3) is 4.53. The second-order valence-corrected chi connectivity index (χ2v) is 11.6. The van der Waals surface area contributed by atoms with Crippen molar-refractivity contribution in [2.24, 2.45) is 11.8 Å². The van der Waals surface area contributed by atoms with Crippen LogP contribution < -0.4 is 14.8 Å². The third-order valence-corrected chi connectivity index (χ3v) is 8.59. The van der Waals surface area contributed by atoms with E-state index in [-0.39, 0.29) is 17.6 Å². The van der Waals surface area contributed by atoms with Crippen LogP contribution in [0.25, 0.3) is 11.3 Å². The number of hydrogen-bond acceptors (Lipinski definition) is 7. The van der Waals surface area contributed by atoms with Gasteiger partial charge in [-0.1, -0.05) is 13.8 Å². The Hall–Kier alpha value is -2.95. The fourth-order valence-corrected chi connectivity index (χ4v) is 6.81. The lowest BCUT2D eigenvalue weighted by Gasteiger charge is -2.34. The van der Waals surface area contributed by atoms with Gasteiger partial charge in [0.1, 0.15) is 0 Å². The zero-order valence-electron chi connectivity index (χ0n) is 18.9. The van der Waals surface area contributed by atoms with Gasteiger partial charge < -0.3 is 9.47 Å². The van der Waals surface area contributed by atoms with Crippen molar-refractivity contribution in [3.05, 3.63) is 53.4 Å². The summed E-state index contributed by atoms with van der Waals surface area (Å²) in [5.74, 6) is 1.66. The number of carbonyl (C=O) groups is 1. The number of benzene rings is 2. The van der Waals surface area contributed by atoms with E-state index in [9.17, 15) is 13.2 Å². The summed E-state index contributed by atoms with van der Waals surface area (Å²) in [6, 6.07) is 11.6. The summed E-state index contributed by atoms with van der Waals surface area (Å²) in [6.07, 6.45) is 1.03. The summed E-state index contributed by atoms with van der Waals surface area (Å²) in [5.41, 5.74) is 1.93. The molecule has 0 aliphatic carbocycles. The molecule has 0 radical (unpaired) electrons. The number of hydrogen-bond donors (Lipinski definition) is 1. The number of piperidine rings is 1. The van der Waals surface area contributed by atoms with Gasteiger partial charge in [0.15, 0.2) is 16.6 Å². The number of sulfonamides is 1. The van der Waals surface area contributed by atoms with E-state index in [2.05, 4.69) is 24.1 Å². The molecule has 3 heterocycles. The van der Waals surface area contributed by atoms with Crippen molar-refractivity contribution in [3.8, 4) is 22.8 Å². The summed E-state index contributed by atoms with van der Waals surface area (Å²) in [7, 11) is -3.59. The Morgan fingerprint density at radius 2 is 1.76 bits per heavy atom. The molecule has 0 saturated carbocycles. The minimum absolute atomic E-state index is 0.199. The minimum Gasteiger partial charge on any atom is -0.454 e. The zero-order chi connectivity index (χ0) is 23.9. The first kappa shape index (κ1) is 22.8. The first-order valence-electron chi connectivity index (χ1n) is 11.1. The standard InChI is InChI=1S/C24H25N3O5S2/c1-15-9-16(2)12-27(11-15)34(29,30)19-6-3-17(4-7-19)23(28)26-24-25-20(13-33-24)18-5-8-21-22(10-18)32-14-31-21/h3-8,10,13,15-16H,9,11-12,14H2,1-2H3,(H,25,26,28)/t15-,16-/m0/s1. The lowest BCUT2D eigenvalue weighted by molar-refractivity contribution is 0.102. The molecule has 1 amide bonds. The highest BCUT2D eigenvalue weighted by Gasteiger charge is 2.31. The molecule has 0 unspecified atom stereocenters. The third-order valence-electron chi connectivity index (χ3n) is 5.98. The molecule has 0 bridgehead atoms. The van der Waals surface area contributed by atoms with Crippen molar-refractivity contribution in [2.75, 3.05) is 25.2 Å². The van der Waals surface area contributed by atoms with E-state index in [1.807, 2.05) is 23.6 Å². The Labute approximate surface area is 202 Å². The smallest absolute Gasteiger partial charge is 0.257 e. The van der Waals surface area contributed by atoms with Crippen molar-refractivity contribution in [1.29, 1.82) is 0 Å². The van der Waals surface area contributed by atoms with E-state index in [0.29, 0.717) is 52.8 Å². The average Bonchev–Trinajstić information content (AvgIpc) is 3.47. The molecule has 10 heteroatoms. The first-order chi connectivity index (χ1) is 16.3. The summed E-state index contributed by atoms with van der Waals surface area (Å²) in [4.78, 5) is 17.4. The predicted octanol–water partition coefficient (Wildman–Crippen LogP) is 4.46. The fraction of sp³-hybridized carbons (Fsp3) is 0.333. The molecule has 2 aromatic carbocycles. The van der Waals surface area contributed by atoms with E-state index in [0.717, 1.165) is 12.0 Å². The van der Waals surface area contributed by atoms with Crippen molar-refractivity contribution >= 4 is 32.4 Å². The molecule has 34 heavy (non-hydrogen) atoms. The molecule has 2 aliphatic heterocycles. The van der Waals surface area contributed by atoms with Gasteiger partial charge in [-0.25, -0.2) is 13.4 Å². The van der Waals surface area contributed by atoms with E-state index in [1.54, 1.807) is 4.31 Å². The van der Waals surface area contributed by atoms with Crippen LogP contribution in [0.1, 0.15) is 30.6 Å². The van der Waals surface area contributed by atoms with Crippen LogP contribution in [-0.2, 0) is 10.0 Å². The SMILES string of the molecule is C[C@H]1C[C@H](C)CN(S(=O)(=O)c2ccc(C(=O)Nc3nc(-c4ccc5c(c4)OCO5)cs3)cc2)C1. The van der Waals surface area contributed by atoms with Crippen LogP contribution in [0.2, 0.25) is 0 Å². The largest absolute Gasteiger partial charge is 0.454 e. The molecule has 1 fully saturated rings. The van der Waals surface area contributed by atoms with Gasteiger partial charge in [-0.3, -0.25) is 10.1 Å². The van der Waals surface area contributed by atoms with E-state index in [4.69, 9.17) is 9.47 Å². The van der Waals surface area contributed by atoms with Gasteiger partial charge in [0.25, 0.3) is 5.91 Å². The highest BCUT2D eigenvalue weighted by molar-refractivity contribution is 7.89. The van der Waals surface area contributed by atoms with Gasteiger partial charge >= 0.3 is 0 Å². The Kier molecular flexibility index (Phi) is 6.05. The summed E-state index contributed by atoms with van der Waals surface area (Å²) >= 11 is 1.31. The van der Waals surface area contributed by atoms with Crippen LogP contribution in [0.5, 0.6) is 11.5 Å². The number of aromatic nitrogens is 1. The fourth-order valence-electron chi connectivity index (χ4n) is 4.42. The Balaban J connectivity index is 1.27. The second-order valence-electron chi connectivity index (χ2n) is 8.85. The van der Waals surface area contributed by atoms with Crippen molar-refractivity contribution < 1.29 is 22.7 Å². The Bertz CT molecular complexity index is 1310. The second kappa shape index (κ2) is 9.01. The number of ether oxygens (including phenoxy) is 2. The molecular weight excluding hydrogens is 474 g/mol. The highest BCUT2D eigenvalue weighted by Crippen LogP contribution is 2.36. The van der Waals surface area contributed by atoms with Crippen LogP contribution in [0.15, 0.2) is 52.7 Å². The summed E-state index contributed by atoms with van der Waals surface area (Å²) < 4.78 is 38.4. The molecule has 0 spiro atoms. The van der Waals surface area contributed by atoms with Gasteiger partial charge in [0.05, 0.1) is 10.6 Å². The number of amides is 1. The molecule has 178 valence electrons. The van der Waals surface area contributed by atoms with E-state index < -0.39 is 10.0 Å². The molecular formula is C24H25N3O5S2. The van der Waals surface area contributed by atoms with Crippen molar-refractivity contribution in [2.45, 2.75) is 25.2 Å². The van der Waals surface area contributed by atoms with E-state index in [1.165, 1.54) is 35.6 Å². The number of carbonyl (C=O) groups excluding carboxylic acids is 1. The number of nitrogens with one attached hydrogen (secondary N) is 1. The maximum absolute atomic E-state index is 13.1. The number of rotatable bonds is 5. The first-order valence-corrected chi connectivity index (χ1v) is 13.4. The molecule has 5 rings (SSSR count). The minimum atomic E-state index is -3.59. The maximum atomic E-state index is 13.1. The molecule has 2 atom stereocenters.